The number of hydrogen-bond acceptors (Lipinski definition) is 3. The van der Waals surface area contributed by atoms with Gasteiger partial charge in [0.15, 0.2) is 5.96 Å². The van der Waals surface area contributed by atoms with Crippen LogP contribution in [0.25, 0.3) is 0 Å². The maximum Gasteiger partial charge on any atom is 0.191 e. The van der Waals surface area contributed by atoms with Crippen LogP contribution in [0.2, 0.25) is 0 Å². The number of piperazine rings is 1. The molecule has 0 bridgehead atoms. The molecule has 0 unspecified atom stereocenters. The first-order valence-corrected chi connectivity index (χ1v) is 9.80. The van der Waals surface area contributed by atoms with E-state index in [-0.39, 0.29) is 24.0 Å². The van der Waals surface area contributed by atoms with Gasteiger partial charge in [-0.25, -0.2) is 0 Å². The molecule has 0 saturated carbocycles. The summed E-state index contributed by atoms with van der Waals surface area (Å²) < 4.78 is 0. The van der Waals surface area contributed by atoms with E-state index in [9.17, 15) is 0 Å². The molecule has 2 aromatic carbocycles. The largest absolute Gasteiger partial charge is 0.355 e. The molecule has 1 saturated heterocycles. The van der Waals surface area contributed by atoms with Gasteiger partial charge in [0, 0.05) is 59.4 Å². The quantitative estimate of drug-likeness (QED) is 0.354. The summed E-state index contributed by atoms with van der Waals surface area (Å²) in [5.74, 6) is 0.863. The third-order valence-corrected chi connectivity index (χ3v) is 4.96. The minimum Gasteiger partial charge on any atom is -0.355 e. The molecule has 5 nitrogen and oxygen atoms in total. The topological polar surface area (TPSA) is 42.9 Å². The maximum absolute atomic E-state index is 4.31. The predicted octanol–water partition coefficient (Wildman–Crippen LogP) is 2.79. The molecule has 2 aromatic rings. The SMILES string of the molecule is CN=C(NCCN1CCN(Cc2ccccc2)CC1)NCc1ccccc1.I. The molecular formula is C22H32IN5. The standard InChI is InChI=1S/C22H31N5.HI/c1-23-22(25-18-20-8-4-2-5-9-20)24-12-13-26-14-16-27(17-15-26)19-21-10-6-3-7-11-21;/h2-11H,12-19H2,1H3,(H2,23,24,25);1H. The fourth-order valence-corrected chi connectivity index (χ4v) is 3.35. The van der Waals surface area contributed by atoms with Gasteiger partial charge in [0.05, 0.1) is 0 Å². The summed E-state index contributed by atoms with van der Waals surface area (Å²) in [6.07, 6.45) is 0. The molecule has 1 aliphatic heterocycles. The fourth-order valence-electron chi connectivity index (χ4n) is 3.35. The molecule has 3 rings (SSSR count). The van der Waals surface area contributed by atoms with E-state index >= 15 is 0 Å². The van der Waals surface area contributed by atoms with Crippen LogP contribution in [0.15, 0.2) is 65.7 Å². The Kier molecular flexibility index (Phi) is 10.3. The summed E-state index contributed by atoms with van der Waals surface area (Å²) >= 11 is 0. The van der Waals surface area contributed by atoms with Crippen molar-refractivity contribution in [2.24, 2.45) is 4.99 Å². The van der Waals surface area contributed by atoms with Crippen molar-refractivity contribution in [3.63, 3.8) is 0 Å². The van der Waals surface area contributed by atoms with Crippen LogP contribution in [0.3, 0.4) is 0 Å². The minimum atomic E-state index is 0. The van der Waals surface area contributed by atoms with Gasteiger partial charge in [-0.1, -0.05) is 60.7 Å². The van der Waals surface area contributed by atoms with E-state index in [0.29, 0.717) is 0 Å². The minimum absolute atomic E-state index is 0. The molecule has 0 amide bonds. The van der Waals surface area contributed by atoms with Gasteiger partial charge in [0.1, 0.15) is 0 Å². The lowest BCUT2D eigenvalue weighted by Crippen LogP contribution is -2.48. The molecule has 152 valence electrons. The number of aliphatic imine (C=N–C) groups is 1. The first-order chi connectivity index (χ1) is 13.3. The average Bonchev–Trinajstić information content (AvgIpc) is 2.73. The molecule has 0 radical (unpaired) electrons. The first-order valence-electron chi connectivity index (χ1n) is 9.80. The number of hydrogen-bond donors (Lipinski definition) is 2. The number of rotatable bonds is 7. The molecule has 0 spiro atoms. The van der Waals surface area contributed by atoms with Crippen LogP contribution in [0.5, 0.6) is 0 Å². The summed E-state index contributed by atoms with van der Waals surface area (Å²) in [6.45, 7) is 8.33. The lowest BCUT2D eigenvalue weighted by atomic mass is 10.2. The zero-order valence-electron chi connectivity index (χ0n) is 16.7. The molecule has 1 fully saturated rings. The Morgan fingerprint density at radius 2 is 1.39 bits per heavy atom. The van der Waals surface area contributed by atoms with Gasteiger partial charge in [0.25, 0.3) is 0 Å². The number of halogens is 1. The summed E-state index contributed by atoms with van der Waals surface area (Å²) in [5, 5.41) is 6.79. The Morgan fingerprint density at radius 3 is 2.00 bits per heavy atom. The van der Waals surface area contributed by atoms with Crippen molar-refractivity contribution in [2.45, 2.75) is 13.1 Å². The van der Waals surface area contributed by atoms with Crippen LogP contribution in [0, 0.1) is 0 Å². The van der Waals surface area contributed by atoms with Gasteiger partial charge in [0.2, 0.25) is 0 Å². The number of nitrogens with one attached hydrogen (secondary N) is 2. The van der Waals surface area contributed by atoms with Crippen molar-refractivity contribution in [1.29, 1.82) is 0 Å². The van der Waals surface area contributed by atoms with E-state index in [1.807, 2.05) is 13.1 Å². The van der Waals surface area contributed by atoms with Crippen molar-refractivity contribution in [1.82, 2.24) is 20.4 Å². The molecule has 1 heterocycles. The lowest BCUT2D eigenvalue weighted by Gasteiger charge is -2.34. The molecule has 0 aromatic heterocycles. The lowest BCUT2D eigenvalue weighted by molar-refractivity contribution is 0.129. The molecule has 0 atom stereocenters. The zero-order valence-corrected chi connectivity index (χ0v) is 19.0. The van der Waals surface area contributed by atoms with E-state index in [1.165, 1.54) is 11.1 Å². The molecule has 1 aliphatic rings. The van der Waals surface area contributed by atoms with Crippen LogP contribution in [-0.2, 0) is 13.1 Å². The van der Waals surface area contributed by atoms with Crippen LogP contribution < -0.4 is 10.6 Å². The van der Waals surface area contributed by atoms with Crippen LogP contribution in [0.1, 0.15) is 11.1 Å². The molecule has 2 N–H and O–H groups in total. The highest BCUT2D eigenvalue weighted by molar-refractivity contribution is 14.0. The van der Waals surface area contributed by atoms with Crippen molar-refractivity contribution in [3.8, 4) is 0 Å². The van der Waals surface area contributed by atoms with E-state index < -0.39 is 0 Å². The summed E-state index contributed by atoms with van der Waals surface area (Å²) in [4.78, 5) is 9.38. The summed E-state index contributed by atoms with van der Waals surface area (Å²) in [7, 11) is 1.82. The maximum atomic E-state index is 4.31. The molecule has 0 aliphatic carbocycles. The van der Waals surface area contributed by atoms with Crippen LogP contribution >= 0.6 is 24.0 Å². The van der Waals surface area contributed by atoms with Crippen molar-refractivity contribution in [2.75, 3.05) is 46.3 Å². The van der Waals surface area contributed by atoms with E-state index in [2.05, 4.69) is 80.0 Å². The highest BCUT2D eigenvalue weighted by atomic mass is 127. The highest BCUT2D eigenvalue weighted by Crippen LogP contribution is 2.08. The summed E-state index contributed by atoms with van der Waals surface area (Å²) in [5.41, 5.74) is 2.66. The fraction of sp³-hybridized carbons (Fsp3) is 0.409. The smallest absolute Gasteiger partial charge is 0.191 e. The van der Waals surface area contributed by atoms with Gasteiger partial charge in [-0.05, 0) is 11.1 Å². The Morgan fingerprint density at radius 1 is 0.821 bits per heavy atom. The number of benzene rings is 2. The van der Waals surface area contributed by atoms with E-state index in [1.54, 1.807) is 0 Å². The Hall–Kier alpha value is -1.64. The first kappa shape index (κ1) is 22.6. The number of nitrogens with zero attached hydrogens (tertiary/aromatic N) is 3. The average molecular weight is 493 g/mol. The van der Waals surface area contributed by atoms with Gasteiger partial charge in [-0.15, -0.1) is 24.0 Å². The Balaban J connectivity index is 0.00000280. The van der Waals surface area contributed by atoms with Crippen LogP contribution in [-0.4, -0.2) is 62.1 Å². The van der Waals surface area contributed by atoms with Crippen molar-refractivity contribution in [3.05, 3.63) is 71.8 Å². The van der Waals surface area contributed by atoms with E-state index in [4.69, 9.17) is 0 Å². The van der Waals surface area contributed by atoms with Crippen LogP contribution in [0.4, 0.5) is 0 Å². The predicted molar refractivity (Wildman–Crippen MR) is 128 cm³/mol. The monoisotopic (exact) mass is 493 g/mol. The molecular weight excluding hydrogens is 461 g/mol. The second-order valence-electron chi connectivity index (χ2n) is 6.94. The second kappa shape index (κ2) is 12.7. The number of guanidine groups is 1. The van der Waals surface area contributed by atoms with Gasteiger partial charge >= 0.3 is 0 Å². The van der Waals surface area contributed by atoms with Gasteiger partial charge < -0.3 is 10.6 Å². The van der Waals surface area contributed by atoms with E-state index in [0.717, 1.165) is 58.3 Å². The third-order valence-electron chi connectivity index (χ3n) is 4.96. The van der Waals surface area contributed by atoms with Crippen molar-refractivity contribution < 1.29 is 0 Å². The second-order valence-corrected chi connectivity index (χ2v) is 6.94. The third kappa shape index (κ3) is 7.77. The summed E-state index contributed by atoms with van der Waals surface area (Å²) in [6, 6.07) is 21.1. The Bertz CT molecular complexity index is 685. The normalized spacial score (nSPS) is 15.7. The Labute approximate surface area is 186 Å². The van der Waals surface area contributed by atoms with Gasteiger partial charge in [-0.3, -0.25) is 14.8 Å². The molecule has 6 heteroatoms. The highest BCUT2D eigenvalue weighted by Gasteiger charge is 2.16. The van der Waals surface area contributed by atoms with Crippen molar-refractivity contribution >= 4 is 29.9 Å². The molecule has 28 heavy (non-hydrogen) atoms. The van der Waals surface area contributed by atoms with Gasteiger partial charge in [-0.2, -0.15) is 0 Å². The zero-order chi connectivity index (χ0) is 18.7.